The van der Waals surface area contributed by atoms with Crippen molar-refractivity contribution in [2.45, 2.75) is 20.4 Å². The molecule has 1 aromatic carbocycles. The van der Waals surface area contributed by atoms with Crippen LogP contribution in [0.15, 0.2) is 24.3 Å². The van der Waals surface area contributed by atoms with Crippen molar-refractivity contribution in [3.05, 3.63) is 51.3 Å². The molecule has 0 atom stereocenters. The van der Waals surface area contributed by atoms with Crippen LogP contribution in [0.25, 0.3) is 0 Å². The van der Waals surface area contributed by atoms with Gasteiger partial charge in [0.1, 0.15) is 0 Å². The molecule has 0 fully saturated rings. The molecule has 8 heteroatoms. The van der Waals surface area contributed by atoms with Gasteiger partial charge in [-0.3, -0.25) is 14.8 Å². The first kappa shape index (κ1) is 15.9. The molecule has 22 heavy (non-hydrogen) atoms. The van der Waals surface area contributed by atoms with Crippen LogP contribution in [0.1, 0.15) is 17.0 Å². The Labute approximate surface area is 133 Å². The number of thiocarbonyl (C=S) groups is 1. The van der Waals surface area contributed by atoms with E-state index in [9.17, 15) is 10.1 Å². The van der Waals surface area contributed by atoms with Crippen LogP contribution >= 0.6 is 12.2 Å². The Balaban J connectivity index is 1.99. The zero-order valence-electron chi connectivity index (χ0n) is 12.6. The van der Waals surface area contributed by atoms with E-state index in [1.54, 1.807) is 12.1 Å². The predicted molar refractivity (Wildman–Crippen MR) is 88.8 cm³/mol. The highest BCUT2D eigenvalue weighted by atomic mass is 32.1. The second-order valence-corrected chi connectivity index (χ2v) is 5.30. The van der Waals surface area contributed by atoms with E-state index in [2.05, 4.69) is 15.7 Å². The number of hydrogen-bond donors (Lipinski definition) is 2. The van der Waals surface area contributed by atoms with E-state index in [0.717, 1.165) is 17.0 Å². The highest BCUT2D eigenvalue weighted by Gasteiger charge is 2.10. The van der Waals surface area contributed by atoms with Crippen molar-refractivity contribution in [1.82, 2.24) is 15.1 Å². The number of nitrogens with one attached hydrogen (secondary N) is 2. The van der Waals surface area contributed by atoms with Crippen LogP contribution in [-0.2, 0) is 13.6 Å². The van der Waals surface area contributed by atoms with Gasteiger partial charge in [0.15, 0.2) is 5.11 Å². The Hall–Kier alpha value is -2.48. The molecular weight excluding hydrogens is 302 g/mol. The van der Waals surface area contributed by atoms with E-state index in [-0.39, 0.29) is 5.69 Å². The molecule has 1 heterocycles. The van der Waals surface area contributed by atoms with Gasteiger partial charge in [0.05, 0.1) is 10.6 Å². The maximum absolute atomic E-state index is 10.7. The summed E-state index contributed by atoms with van der Waals surface area (Å²) in [5.41, 5.74) is 3.71. The van der Waals surface area contributed by atoms with Crippen molar-refractivity contribution < 1.29 is 4.92 Å². The minimum atomic E-state index is -0.440. The fourth-order valence-corrected chi connectivity index (χ4v) is 2.30. The molecular formula is C14H17N5O2S. The van der Waals surface area contributed by atoms with E-state index < -0.39 is 4.92 Å². The maximum Gasteiger partial charge on any atom is 0.271 e. The lowest BCUT2D eigenvalue weighted by Crippen LogP contribution is -2.28. The Morgan fingerprint density at radius 3 is 2.77 bits per heavy atom. The molecule has 0 bridgehead atoms. The van der Waals surface area contributed by atoms with Crippen molar-refractivity contribution in [1.29, 1.82) is 0 Å². The SMILES string of the molecule is Cc1nn(C)c(C)c1CNC(=S)Nc1cccc([N+](=O)[O-])c1. The fourth-order valence-electron chi connectivity index (χ4n) is 2.11. The lowest BCUT2D eigenvalue weighted by Gasteiger charge is -2.10. The third-order valence-corrected chi connectivity index (χ3v) is 3.65. The van der Waals surface area contributed by atoms with Gasteiger partial charge in [-0.1, -0.05) is 6.07 Å². The summed E-state index contributed by atoms with van der Waals surface area (Å²) in [6, 6.07) is 6.21. The number of hydrogen-bond acceptors (Lipinski definition) is 4. The highest BCUT2D eigenvalue weighted by molar-refractivity contribution is 7.80. The minimum Gasteiger partial charge on any atom is -0.358 e. The molecule has 2 aromatic rings. The zero-order valence-corrected chi connectivity index (χ0v) is 13.4. The minimum absolute atomic E-state index is 0.0201. The smallest absolute Gasteiger partial charge is 0.271 e. The summed E-state index contributed by atoms with van der Waals surface area (Å²) >= 11 is 5.22. The molecule has 2 rings (SSSR count). The second kappa shape index (κ2) is 6.52. The number of benzene rings is 1. The number of nitro groups is 1. The standard InChI is InChI=1S/C14H17N5O2S/c1-9-13(10(2)18(3)17-9)8-15-14(22)16-11-5-4-6-12(7-11)19(20)21/h4-7H,8H2,1-3H3,(H2,15,16,22). The van der Waals surface area contributed by atoms with Gasteiger partial charge in [0.2, 0.25) is 0 Å². The lowest BCUT2D eigenvalue weighted by molar-refractivity contribution is -0.384. The Kier molecular flexibility index (Phi) is 4.71. The summed E-state index contributed by atoms with van der Waals surface area (Å²) in [6.45, 7) is 4.49. The first-order valence-corrected chi connectivity index (χ1v) is 7.07. The predicted octanol–water partition coefficient (Wildman–Crippen LogP) is 2.43. The Bertz CT molecular complexity index is 726. The van der Waals surface area contributed by atoms with Gasteiger partial charge in [-0.25, -0.2) is 0 Å². The average molecular weight is 319 g/mol. The molecule has 1 aromatic heterocycles. The molecule has 0 saturated heterocycles. The molecule has 2 N–H and O–H groups in total. The van der Waals surface area contributed by atoms with Crippen LogP contribution in [0, 0.1) is 24.0 Å². The number of nitro benzene ring substituents is 1. The van der Waals surface area contributed by atoms with Crippen molar-refractivity contribution in [2.75, 3.05) is 5.32 Å². The van der Waals surface area contributed by atoms with Gasteiger partial charge in [-0.15, -0.1) is 0 Å². The molecule has 116 valence electrons. The summed E-state index contributed by atoms with van der Waals surface area (Å²) in [5.74, 6) is 0. The Morgan fingerprint density at radius 2 is 2.18 bits per heavy atom. The molecule has 0 aliphatic carbocycles. The highest BCUT2D eigenvalue weighted by Crippen LogP contribution is 2.17. The normalized spacial score (nSPS) is 10.3. The van der Waals surface area contributed by atoms with Crippen molar-refractivity contribution in [3.8, 4) is 0 Å². The monoisotopic (exact) mass is 319 g/mol. The summed E-state index contributed by atoms with van der Waals surface area (Å²) in [4.78, 5) is 10.3. The summed E-state index contributed by atoms with van der Waals surface area (Å²) in [5, 5.41) is 21.5. The molecule has 0 saturated carbocycles. The third kappa shape index (κ3) is 3.59. The number of aromatic nitrogens is 2. The van der Waals surface area contributed by atoms with Gasteiger partial charge >= 0.3 is 0 Å². The molecule has 0 aliphatic heterocycles. The van der Waals surface area contributed by atoms with E-state index >= 15 is 0 Å². The van der Waals surface area contributed by atoms with Crippen LogP contribution in [0.3, 0.4) is 0 Å². The topological polar surface area (TPSA) is 85.0 Å². The number of anilines is 1. The van der Waals surface area contributed by atoms with Crippen LogP contribution in [0.5, 0.6) is 0 Å². The lowest BCUT2D eigenvalue weighted by atomic mass is 10.2. The van der Waals surface area contributed by atoms with Gasteiger partial charge < -0.3 is 10.6 Å². The molecule has 0 unspecified atom stereocenters. The van der Waals surface area contributed by atoms with Crippen molar-refractivity contribution in [2.24, 2.45) is 7.05 Å². The third-order valence-electron chi connectivity index (χ3n) is 3.40. The van der Waals surface area contributed by atoms with Crippen LogP contribution in [-0.4, -0.2) is 19.8 Å². The summed E-state index contributed by atoms with van der Waals surface area (Å²) in [7, 11) is 1.89. The fraction of sp³-hybridized carbons (Fsp3) is 0.286. The first-order chi connectivity index (χ1) is 10.4. The molecule has 0 spiro atoms. The molecule has 7 nitrogen and oxygen atoms in total. The van der Waals surface area contributed by atoms with Gasteiger partial charge in [0, 0.05) is 42.7 Å². The zero-order chi connectivity index (χ0) is 16.3. The summed E-state index contributed by atoms with van der Waals surface area (Å²) in [6.07, 6.45) is 0. The largest absolute Gasteiger partial charge is 0.358 e. The van der Waals surface area contributed by atoms with Crippen LogP contribution in [0.2, 0.25) is 0 Å². The maximum atomic E-state index is 10.7. The van der Waals surface area contributed by atoms with Gasteiger partial charge in [0.25, 0.3) is 5.69 Å². The van der Waals surface area contributed by atoms with Gasteiger partial charge in [-0.05, 0) is 32.1 Å². The Morgan fingerprint density at radius 1 is 1.45 bits per heavy atom. The number of nitrogens with zero attached hydrogens (tertiary/aromatic N) is 3. The van der Waals surface area contributed by atoms with E-state index in [0.29, 0.717) is 17.3 Å². The van der Waals surface area contributed by atoms with E-state index in [1.165, 1.54) is 12.1 Å². The van der Waals surface area contributed by atoms with Crippen LogP contribution in [0.4, 0.5) is 11.4 Å². The number of rotatable bonds is 4. The number of non-ortho nitro benzene ring substituents is 1. The van der Waals surface area contributed by atoms with Crippen molar-refractivity contribution >= 4 is 28.7 Å². The van der Waals surface area contributed by atoms with Gasteiger partial charge in [-0.2, -0.15) is 5.10 Å². The molecule has 0 aliphatic rings. The molecule has 0 radical (unpaired) electrons. The average Bonchev–Trinajstić information content (AvgIpc) is 2.70. The first-order valence-electron chi connectivity index (χ1n) is 6.67. The van der Waals surface area contributed by atoms with E-state index in [1.807, 2.05) is 25.6 Å². The quantitative estimate of drug-likeness (QED) is 0.511. The van der Waals surface area contributed by atoms with Crippen LogP contribution < -0.4 is 10.6 Å². The second-order valence-electron chi connectivity index (χ2n) is 4.89. The van der Waals surface area contributed by atoms with Crippen molar-refractivity contribution in [3.63, 3.8) is 0 Å². The van der Waals surface area contributed by atoms with E-state index in [4.69, 9.17) is 12.2 Å². The number of aryl methyl sites for hydroxylation is 2. The molecule has 0 amide bonds. The summed E-state index contributed by atoms with van der Waals surface area (Å²) < 4.78 is 1.82.